The lowest BCUT2D eigenvalue weighted by Crippen LogP contribution is -2.04. The normalized spacial score (nSPS) is 14.0. The Bertz CT molecular complexity index is 976. The molecule has 0 atom stereocenters. The fourth-order valence-electron chi connectivity index (χ4n) is 2.79. The van der Waals surface area contributed by atoms with Gasteiger partial charge in [-0.1, -0.05) is 29.3 Å². The maximum atomic E-state index is 12.8. The van der Waals surface area contributed by atoms with Crippen molar-refractivity contribution in [2.24, 2.45) is 0 Å². The second-order valence-corrected chi connectivity index (χ2v) is 7.49. The Balaban J connectivity index is 2.17. The zero-order valence-electron chi connectivity index (χ0n) is 14.8. The van der Waals surface area contributed by atoms with E-state index in [9.17, 15) is 18.0 Å². The lowest BCUT2D eigenvalue weighted by Gasteiger charge is -2.16. The minimum atomic E-state index is -4.62. The minimum Gasteiger partial charge on any atom is -0.492 e. The Morgan fingerprint density at radius 1 is 1.14 bits per heavy atom. The van der Waals surface area contributed by atoms with Crippen molar-refractivity contribution >= 4 is 52.5 Å². The number of benzene rings is 2. The summed E-state index contributed by atoms with van der Waals surface area (Å²) < 4.78 is 54.0. The third-order valence-electron chi connectivity index (χ3n) is 4.01. The summed E-state index contributed by atoms with van der Waals surface area (Å²) in [7, 11) is 1.23. The van der Waals surface area contributed by atoms with E-state index < -0.39 is 23.5 Å². The van der Waals surface area contributed by atoms with E-state index in [1.165, 1.54) is 31.4 Å². The maximum absolute atomic E-state index is 12.8. The zero-order valence-corrected chi connectivity index (χ0v) is 17.1. The van der Waals surface area contributed by atoms with Crippen LogP contribution in [0.1, 0.15) is 27.9 Å². The van der Waals surface area contributed by atoms with Crippen molar-refractivity contribution in [1.82, 2.24) is 0 Å². The zero-order chi connectivity index (χ0) is 21.2. The molecule has 0 amide bonds. The summed E-state index contributed by atoms with van der Waals surface area (Å²) in [6.07, 6.45) is 0.220. The lowest BCUT2D eigenvalue weighted by atomic mass is 9.98. The van der Waals surface area contributed by atoms with Crippen molar-refractivity contribution in [3.05, 3.63) is 63.1 Å². The number of esters is 1. The number of methoxy groups -OCH3 is 1. The number of carbonyl (C=O) groups is 1. The SMILES string of the molecule is COC(=O)c1ccc2c(c1)OCCC(c1ccc(Cl)cc1Cl)=C2OSC(F)(F)F. The Kier molecular flexibility index (Phi) is 6.55. The number of ether oxygens (including phenoxy) is 2. The predicted molar refractivity (Wildman–Crippen MR) is 106 cm³/mol. The molecule has 4 nitrogen and oxygen atoms in total. The first-order chi connectivity index (χ1) is 13.7. The van der Waals surface area contributed by atoms with Gasteiger partial charge in [0.1, 0.15) is 5.75 Å². The van der Waals surface area contributed by atoms with Crippen molar-refractivity contribution in [1.29, 1.82) is 0 Å². The van der Waals surface area contributed by atoms with E-state index >= 15 is 0 Å². The Hall–Kier alpha value is -2.03. The average Bonchev–Trinajstić information content (AvgIpc) is 2.83. The Labute approximate surface area is 178 Å². The molecule has 2 aromatic rings. The number of fused-ring (bicyclic) bond motifs is 1. The van der Waals surface area contributed by atoms with Crippen molar-refractivity contribution in [2.75, 3.05) is 13.7 Å². The van der Waals surface area contributed by atoms with Gasteiger partial charge in [0, 0.05) is 27.6 Å². The van der Waals surface area contributed by atoms with Crippen LogP contribution in [0, 0.1) is 0 Å². The van der Waals surface area contributed by atoms with E-state index in [1.54, 1.807) is 12.1 Å². The second-order valence-electron chi connectivity index (χ2n) is 5.85. The first-order valence-electron chi connectivity index (χ1n) is 8.16. The van der Waals surface area contributed by atoms with Crippen LogP contribution in [-0.2, 0) is 8.92 Å². The van der Waals surface area contributed by atoms with E-state index in [0.717, 1.165) is 0 Å². The fraction of sp³-hybridized carbons (Fsp3) is 0.211. The number of halogens is 5. The highest BCUT2D eigenvalue weighted by atomic mass is 35.5. The van der Waals surface area contributed by atoms with Crippen LogP contribution in [0.3, 0.4) is 0 Å². The minimum absolute atomic E-state index is 0.0551. The quantitative estimate of drug-likeness (QED) is 0.375. The van der Waals surface area contributed by atoms with Gasteiger partial charge in [0.05, 0.1) is 24.8 Å². The van der Waals surface area contributed by atoms with E-state index in [-0.39, 0.29) is 40.7 Å². The molecule has 0 aliphatic carbocycles. The third kappa shape index (κ3) is 5.12. The number of alkyl halides is 3. The molecule has 1 aliphatic heterocycles. The molecule has 0 spiro atoms. The highest BCUT2D eigenvalue weighted by molar-refractivity contribution is 7.95. The van der Waals surface area contributed by atoms with Gasteiger partial charge in [0.25, 0.3) is 0 Å². The molecule has 0 N–H and O–H groups in total. The predicted octanol–water partition coefficient (Wildman–Crippen LogP) is 6.62. The fourth-order valence-corrected chi connectivity index (χ4v) is 3.68. The molecule has 0 saturated carbocycles. The lowest BCUT2D eigenvalue weighted by molar-refractivity contribution is -0.0375. The summed E-state index contributed by atoms with van der Waals surface area (Å²) in [4.78, 5) is 11.8. The molecular weight excluding hydrogens is 452 g/mol. The van der Waals surface area contributed by atoms with Gasteiger partial charge in [-0.05, 0) is 30.3 Å². The molecule has 0 radical (unpaired) electrons. The van der Waals surface area contributed by atoms with Crippen LogP contribution in [-0.4, -0.2) is 25.2 Å². The van der Waals surface area contributed by atoms with Gasteiger partial charge in [-0.15, -0.1) is 0 Å². The van der Waals surface area contributed by atoms with Crippen molar-refractivity contribution in [2.45, 2.75) is 11.9 Å². The molecule has 1 heterocycles. The van der Waals surface area contributed by atoms with Crippen LogP contribution in [0.5, 0.6) is 5.75 Å². The van der Waals surface area contributed by atoms with Crippen LogP contribution < -0.4 is 4.74 Å². The van der Waals surface area contributed by atoms with Gasteiger partial charge in [-0.2, -0.15) is 13.2 Å². The van der Waals surface area contributed by atoms with E-state index in [2.05, 4.69) is 4.74 Å². The molecule has 3 rings (SSSR count). The van der Waals surface area contributed by atoms with Gasteiger partial charge >= 0.3 is 11.5 Å². The monoisotopic (exact) mass is 464 g/mol. The summed E-state index contributed by atoms with van der Waals surface area (Å²) in [5.74, 6) is -0.455. The van der Waals surface area contributed by atoms with Gasteiger partial charge in [-0.3, -0.25) is 0 Å². The van der Waals surface area contributed by atoms with E-state index in [4.69, 9.17) is 32.1 Å². The standard InChI is InChI=1S/C19H13Cl2F3O4S/c1-26-18(25)10-2-4-14-16(8-10)27-7-6-13(17(14)28-29-19(22,23)24)12-5-3-11(20)9-15(12)21/h2-5,8-9H,6-7H2,1H3. The second kappa shape index (κ2) is 8.77. The number of hydrogen-bond acceptors (Lipinski definition) is 5. The third-order valence-corrected chi connectivity index (χ3v) is 4.99. The highest BCUT2D eigenvalue weighted by Gasteiger charge is 2.34. The molecule has 1 aliphatic rings. The van der Waals surface area contributed by atoms with Crippen LogP contribution >= 0.6 is 35.2 Å². The summed E-state index contributed by atoms with van der Waals surface area (Å²) >= 11 is 11.6. The van der Waals surface area contributed by atoms with E-state index in [1.807, 2.05) is 0 Å². The molecule has 29 heavy (non-hydrogen) atoms. The molecule has 0 fully saturated rings. The van der Waals surface area contributed by atoms with Crippen LogP contribution in [0.2, 0.25) is 10.0 Å². The smallest absolute Gasteiger partial charge is 0.479 e. The van der Waals surface area contributed by atoms with Crippen LogP contribution in [0.4, 0.5) is 13.2 Å². The summed E-state index contributed by atoms with van der Waals surface area (Å²) in [6, 6.07) is 8.94. The number of rotatable bonds is 4. The van der Waals surface area contributed by atoms with Crippen LogP contribution in [0.25, 0.3) is 11.3 Å². The number of hydrogen-bond donors (Lipinski definition) is 0. The van der Waals surface area contributed by atoms with Crippen molar-refractivity contribution in [3.8, 4) is 5.75 Å². The number of carbonyl (C=O) groups excluding carboxylic acids is 1. The molecule has 0 saturated heterocycles. The van der Waals surface area contributed by atoms with Crippen molar-refractivity contribution < 1.29 is 31.6 Å². The largest absolute Gasteiger partial charge is 0.492 e. The van der Waals surface area contributed by atoms with E-state index in [0.29, 0.717) is 16.2 Å². The Morgan fingerprint density at radius 2 is 1.86 bits per heavy atom. The van der Waals surface area contributed by atoms with Gasteiger partial charge in [0.2, 0.25) is 0 Å². The molecule has 10 heteroatoms. The molecule has 154 valence electrons. The van der Waals surface area contributed by atoms with Gasteiger partial charge < -0.3 is 13.7 Å². The summed E-state index contributed by atoms with van der Waals surface area (Å²) in [5.41, 5.74) is -3.27. The van der Waals surface area contributed by atoms with Crippen LogP contribution in [0.15, 0.2) is 36.4 Å². The molecule has 2 aromatic carbocycles. The topological polar surface area (TPSA) is 44.8 Å². The Morgan fingerprint density at radius 3 is 2.52 bits per heavy atom. The average molecular weight is 465 g/mol. The maximum Gasteiger partial charge on any atom is 0.479 e. The summed E-state index contributed by atoms with van der Waals surface area (Å²) in [6.45, 7) is 0.134. The molecule has 0 aromatic heterocycles. The molecule has 0 unspecified atom stereocenters. The first-order valence-corrected chi connectivity index (χ1v) is 9.66. The molecule has 0 bridgehead atoms. The first kappa shape index (κ1) is 21.7. The van der Waals surface area contributed by atoms with Gasteiger partial charge in [-0.25, -0.2) is 4.79 Å². The molecular formula is C19H13Cl2F3O4S. The van der Waals surface area contributed by atoms with Crippen molar-refractivity contribution in [3.63, 3.8) is 0 Å². The highest BCUT2D eigenvalue weighted by Crippen LogP contribution is 2.44. The summed E-state index contributed by atoms with van der Waals surface area (Å²) in [5, 5.41) is 0.653. The van der Waals surface area contributed by atoms with Gasteiger partial charge in [0.15, 0.2) is 17.8 Å².